The highest BCUT2D eigenvalue weighted by molar-refractivity contribution is 9.10. The highest BCUT2D eigenvalue weighted by Crippen LogP contribution is 2.26. The number of benzene rings is 2. The van der Waals surface area contributed by atoms with Crippen LogP contribution in [0.5, 0.6) is 0 Å². The van der Waals surface area contributed by atoms with E-state index in [0.29, 0.717) is 10.7 Å². The molecular weight excluding hydrogens is 388 g/mol. The summed E-state index contributed by atoms with van der Waals surface area (Å²) in [4.78, 5) is 12.6. The van der Waals surface area contributed by atoms with Gasteiger partial charge in [0.2, 0.25) is 5.16 Å². The number of hydrogen-bond acceptors (Lipinski definition) is 5. The number of carbonyl (C=O) groups is 1. The van der Waals surface area contributed by atoms with Crippen molar-refractivity contribution in [2.75, 3.05) is 0 Å². The number of nitrogens with zero attached hydrogens (tertiary/aromatic N) is 4. The Kier molecular flexibility index (Phi) is 5.11. The summed E-state index contributed by atoms with van der Waals surface area (Å²) in [6.07, 6.45) is 0. The predicted molar refractivity (Wildman–Crippen MR) is 97.7 cm³/mol. The van der Waals surface area contributed by atoms with Gasteiger partial charge in [0, 0.05) is 10.0 Å². The second kappa shape index (κ2) is 7.27. The van der Waals surface area contributed by atoms with Crippen molar-refractivity contribution in [2.45, 2.75) is 24.3 Å². The summed E-state index contributed by atoms with van der Waals surface area (Å²) >= 11 is 4.73. The van der Waals surface area contributed by atoms with Gasteiger partial charge in [-0.05, 0) is 48.0 Å². The summed E-state index contributed by atoms with van der Waals surface area (Å²) < 4.78 is 2.62. The smallest absolute Gasteiger partial charge is 0.214 e. The van der Waals surface area contributed by atoms with Crippen LogP contribution >= 0.6 is 27.7 Å². The highest BCUT2D eigenvalue weighted by atomic mass is 79.9. The van der Waals surface area contributed by atoms with Crippen LogP contribution in [0.3, 0.4) is 0 Å². The Hall–Kier alpha value is -1.99. The number of aryl methyl sites for hydroxylation is 1. The molecule has 0 N–H and O–H groups in total. The molecule has 1 aromatic heterocycles. The Morgan fingerprint density at radius 3 is 2.58 bits per heavy atom. The summed E-state index contributed by atoms with van der Waals surface area (Å²) in [5.74, 6) is 0.0480. The van der Waals surface area contributed by atoms with Crippen LogP contribution in [0, 0.1) is 6.92 Å². The van der Waals surface area contributed by atoms with Crippen molar-refractivity contribution in [3.8, 4) is 5.69 Å². The third kappa shape index (κ3) is 3.57. The molecule has 1 unspecified atom stereocenters. The summed E-state index contributed by atoms with van der Waals surface area (Å²) in [6.45, 7) is 3.87. The van der Waals surface area contributed by atoms with Crippen molar-refractivity contribution in [1.29, 1.82) is 0 Å². The molecule has 3 rings (SSSR count). The van der Waals surface area contributed by atoms with Crippen LogP contribution in [0.15, 0.2) is 58.2 Å². The van der Waals surface area contributed by atoms with E-state index in [1.807, 2.05) is 62.4 Å². The molecule has 0 saturated carbocycles. The summed E-state index contributed by atoms with van der Waals surface area (Å²) in [5, 5.41) is 12.2. The van der Waals surface area contributed by atoms with Crippen molar-refractivity contribution >= 4 is 33.5 Å². The normalized spacial score (nSPS) is 12.1. The number of tetrazole rings is 1. The molecular formula is C17H15BrN4OS. The maximum atomic E-state index is 12.6. The quantitative estimate of drug-likeness (QED) is 0.474. The third-order valence-corrected chi connectivity index (χ3v) is 5.13. The Bertz CT molecular complexity index is 863. The molecule has 0 aliphatic rings. The summed E-state index contributed by atoms with van der Waals surface area (Å²) in [6, 6.07) is 15.2. The molecule has 7 heteroatoms. The fraction of sp³-hybridized carbons (Fsp3) is 0.176. The van der Waals surface area contributed by atoms with Gasteiger partial charge in [-0.2, -0.15) is 4.68 Å². The molecule has 0 saturated heterocycles. The summed E-state index contributed by atoms with van der Waals surface area (Å²) in [5.41, 5.74) is 2.65. The van der Waals surface area contributed by atoms with Crippen molar-refractivity contribution < 1.29 is 4.79 Å². The van der Waals surface area contributed by atoms with Gasteiger partial charge < -0.3 is 0 Å². The van der Waals surface area contributed by atoms with Gasteiger partial charge in [0.25, 0.3) is 0 Å². The van der Waals surface area contributed by atoms with Crippen molar-refractivity contribution in [2.24, 2.45) is 0 Å². The number of Topliss-reactive ketones (excluding diaryl/α,β-unsaturated/α-hetero) is 1. The van der Waals surface area contributed by atoms with Crippen LogP contribution in [0.2, 0.25) is 0 Å². The molecule has 3 aromatic rings. The lowest BCUT2D eigenvalue weighted by atomic mass is 10.1. The van der Waals surface area contributed by atoms with Crippen LogP contribution in [0.4, 0.5) is 0 Å². The summed E-state index contributed by atoms with van der Waals surface area (Å²) in [7, 11) is 0. The van der Waals surface area contributed by atoms with Gasteiger partial charge >= 0.3 is 0 Å². The number of halogens is 1. The first kappa shape index (κ1) is 16.9. The second-order valence-corrected chi connectivity index (χ2v) is 7.51. The minimum Gasteiger partial charge on any atom is -0.293 e. The van der Waals surface area contributed by atoms with E-state index in [2.05, 4.69) is 31.5 Å². The average molecular weight is 403 g/mol. The largest absolute Gasteiger partial charge is 0.293 e. The monoisotopic (exact) mass is 402 g/mol. The van der Waals surface area contributed by atoms with Gasteiger partial charge in [-0.25, -0.2) is 0 Å². The molecule has 1 atom stereocenters. The standard InChI is InChI=1S/C17H15BrN4OS/c1-11-5-3-4-6-15(11)22-17(19-20-21-22)24-12(2)16(23)13-7-9-14(18)10-8-13/h3-10,12H,1-2H3. The van der Waals surface area contributed by atoms with E-state index in [9.17, 15) is 4.79 Å². The van der Waals surface area contributed by atoms with Crippen LogP contribution in [-0.4, -0.2) is 31.2 Å². The molecule has 0 aliphatic heterocycles. The van der Waals surface area contributed by atoms with Gasteiger partial charge in [0.1, 0.15) is 0 Å². The van der Waals surface area contributed by atoms with Crippen LogP contribution < -0.4 is 0 Å². The van der Waals surface area contributed by atoms with Crippen molar-refractivity contribution in [1.82, 2.24) is 20.2 Å². The van der Waals surface area contributed by atoms with Gasteiger partial charge in [-0.1, -0.05) is 58.0 Å². The van der Waals surface area contributed by atoms with E-state index in [4.69, 9.17) is 0 Å². The molecule has 0 amide bonds. The Morgan fingerprint density at radius 1 is 1.17 bits per heavy atom. The molecule has 122 valence electrons. The van der Waals surface area contributed by atoms with Gasteiger partial charge in [0.15, 0.2) is 5.78 Å². The van der Waals surface area contributed by atoms with Crippen LogP contribution in [0.1, 0.15) is 22.8 Å². The van der Waals surface area contributed by atoms with E-state index in [0.717, 1.165) is 15.7 Å². The SMILES string of the molecule is Cc1ccccc1-n1nnnc1SC(C)C(=O)c1ccc(Br)cc1. The van der Waals surface area contributed by atoms with Gasteiger partial charge in [-0.15, -0.1) is 5.10 Å². The number of carbonyl (C=O) groups excluding carboxylic acids is 1. The molecule has 0 radical (unpaired) electrons. The van der Waals surface area contributed by atoms with Gasteiger partial charge in [0.05, 0.1) is 10.9 Å². The minimum atomic E-state index is -0.292. The van der Waals surface area contributed by atoms with E-state index in [1.54, 1.807) is 4.68 Å². The zero-order chi connectivity index (χ0) is 17.1. The first-order valence-electron chi connectivity index (χ1n) is 7.37. The number of hydrogen-bond donors (Lipinski definition) is 0. The maximum Gasteiger partial charge on any atom is 0.214 e. The first-order chi connectivity index (χ1) is 11.6. The average Bonchev–Trinajstić information content (AvgIpc) is 3.03. The lowest BCUT2D eigenvalue weighted by Crippen LogP contribution is -2.14. The number of ketones is 1. The van der Waals surface area contributed by atoms with E-state index >= 15 is 0 Å². The third-order valence-electron chi connectivity index (χ3n) is 3.56. The van der Waals surface area contributed by atoms with E-state index in [1.165, 1.54) is 11.8 Å². The number of aromatic nitrogens is 4. The fourth-order valence-corrected chi connectivity index (χ4v) is 3.41. The van der Waals surface area contributed by atoms with Crippen LogP contribution in [-0.2, 0) is 0 Å². The Labute approximate surface area is 152 Å². The first-order valence-corrected chi connectivity index (χ1v) is 9.04. The molecule has 24 heavy (non-hydrogen) atoms. The molecule has 0 spiro atoms. The zero-order valence-electron chi connectivity index (χ0n) is 13.2. The highest BCUT2D eigenvalue weighted by Gasteiger charge is 2.20. The molecule has 2 aromatic carbocycles. The fourth-order valence-electron chi connectivity index (χ4n) is 2.27. The lowest BCUT2D eigenvalue weighted by molar-refractivity contribution is 0.0994. The number of rotatable bonds is 5. The van der Waals surface area contributed by atoms with E-state index < -0.39 is 0 Å². The molecule has 5 nitrogen and oxygen atoms in total. The predicted octanol–water partition coefficient (Wildman–Crippen LogP) is 4.10. The molecule has 1 heterocycles. The number of para-hydroxylation sites is 1. The van der Waals surface area contributed by atoms with Crippen LogP contribution in [0.25, 0.3) is 5.69 Å². The zero-order valence-corrected chi connectivity index (χ0v) is 15.6. The van der Waals surface area contributed by atoms with E-state index in [-0.39, 0.29) is 11.0 Å². The molecule has 0 fully saturated rings. The molecule has 0 aliphatic carbocycles. The molecule has 0 bridgehead atoms. The van der Waals surface area contributed by atoms with Crippen molar-refractivity contribution in [3.05, 3.63) is 64.1 Å². The lowest BCUT2D eigenvalue weighted by Gasteiger charge is -2.11. The van der Waals surface area contributed by atoms with Gasteiger partial charge in [-0.3, -0.25) is 4.79 Å². The topological polar surface area (TPSA) is 60.7 Å². The minimum absolute atomic E-state index is 0.0480. The second-order valence-electron chi connectivity index (χ2n) is 5.29. The number of thioether (sulfide) groups is 1. The Balaban J connectivity index is 1.82. The maximum absolute atomic E-state index is 12.6. The Morgan fingerprint density at radius 2 is 1.88 bits per heavy atom. The van der Waals surface area contributed by atoms with Crippen molar-refractivity contribution in [3.63, 3.8) is 0 Å².